The van der Waals surface area contributed by atoms with E-state index >= 15 is 0 Å². The fraction of sp³-hybridized carbons (Fsp3) is 0.357. The van der Waals surface area contributed by atoms with Gasteiger partial charge in [0.1, 0.15) is 0 Å². The van der Waals surface area contributed by atoms with E-state index in [-0.39, 0.29) is 5.91 Å². The van der Waals surface area contributed by atoms with Crippen molar-refractivity contribution in [3.05, 3.63) is 30.2 Å². The van der Waals surface area contributed by atoms with Gasteiger partial charge in [-0.1, -0.05) is 12.1 Å². The Kier molecular flexibility index (Phi) is 3.85. The van der Waals surface area contributed by atoms with Crippen molar-refractivity contribution in [1.29, 1.82) is 0 Å². The van der Waals surface area contributed by atoms with Crippen LogP contribution in [-0.2, 0) is 4.79 Å². The fourth-order valence-electron chi connectivity index (χ4n) is 1.58. The number of anilines is 1. The summed E-state index contributed by atoms with van der Waals surface area (Å²) in [4.78, 5) is 12.2. The number of hydrogen-bond donors (Lipinski definition) is 2. The van der Waals surface area contributed by atoms with Gasteiger partial charge in [0.05, 0.1) is 16.8 Å². The van der Waals surface area contributed by atoms with Crippen LogP contribution in [0.2, 0.25) is 0 Å². The SMILES string of the molecule is CNC(C)(C)C(=O)Nc1ccccc1-c1nnc(C)o1. The minimum Gasteiger partial charge on any atom is -0.421 e. The third-order valence-corrected chi connectivity index (χ3v) is 3.12. The smallest absolute Gasteiger partial charge is 0.249 e. The molecule has 2 rings (SSSR count). The lowest BCUT2D eigenvalue weighted by Gasteiger charge is -2.23. The van der Waals surface area contributed by atoms with Crippen molar-refractivity contribution >= 4 is 11.6 Å². The summed E-state index contributed by atoms with van der Waals surface area (Å²) in [7, 11) is 1.74. The lowest BCUT2D eigenvalue weighted by molar-refractivity contribution is -0.121. The molecule has 0 aliphatic heterocycles. The van der Waals surface area contributed by atoms with E-state index in [9.17, 15) is 4.79 Å². The van der Waals surface area contributed by atoms with Gasteiger partial charge < -0.3 is 15.1 Å². The molecule has 6 heteroatoms. The third kappa shape index (κ3) is 2.85. The first-order valence-corrected chi connectivity index (χ1v) is 6.34. The quantitative estimate of drug-likeness (QED) is 0.891. The summed E-state index contributed by atoms with van der Waals surface area (Å²) in [5, 5.41) is 13.6. The van der Waals surface area contributed by atoms with Gasteiger partial charge in [0.15, 0.2) is 0 Å². The Labute approximate surface area is 117 Å². The summed E-state index contributed by atoms with van der Waals surface area (Å²) in [5.74, 6) is 0.737. The van der Waals surface area contributed by atoms with E-state index in [1.165, 1.54) is 0 Å². The average Bonchev–Trinajstić information content (AvgIpc) is 2.85. The van der Waals surface area contributed by atoms with E-state index < -0.39 is 5.54 Å². The largest absolute Gasteiger partial charge is 0.421 e. The highest BCUT2D eigenvalue weighted by molar-refractivity contribution is 6.00. The molecular weight excluding hydrogens is 256 g/mol. The van der Waals surface area contributed by atoms with Crippen LogP contribution in [0, 0.1) is 6.92 Å². The molecule has 0 saturated heterocycles. The van der Waals surface area contributed by atoms with Crippen LogP contribution in [0.5, 0.6) is 0 Å². The molecule has 0 saturated carbocycles. The molecule has 0 aliphatic rings. The van der Waals surface area contributed by atoms with Crippen LogP contribution in [0.4, 0.5) is 5.69 Å². The van der Waals surface area contributed by atoms with Crippen LogP contribution in [0.3, 0.4) is 0 Å². The van der Waals surface area contributed by atoms with Crippen LogP contribution >= 0.6 is 0 Å². The van der Waals surface area contributed by atoms with Crippen molar-refractivity contribution < 1.29 is 9.21 Å². The van der Waals surface area contributed by atoms with Gasteiger partial charge >= 0.3 is 0 Å². The molecule has 2 N–H and O–H groups in total. The number of carbonyl (C=O) groups is 1. The molecule has 1 heterocycles. The standard InChI is InChI=1S/C14H18N4O2/c1-9-17-18-12(20-9)10-7-5-6-8-11(10)16-13(19)14(2,3)15-4/h5-8,15H,1-4H3,(H,16,19). The molecule has 0 spiro atoms. The molecule has 0 fully saturated rings. The van der Waals surface area contributed by atoms with E-state index in [0.29, 0.717) is 23.0 Å². The maximum atomic E-state index is 12.2. The first kappa shape index (κ1) is 14.2. The van der Waals surface area contributed by atoms with E-state index in [1.807, 2.05) is 32.0 Å². The van der Waals surface area contributed by atoms with Crippen molar-refractivity contribution in [1.82, 2.24) is 15.5 Å². The minimum atomic E-state index is -0.669. The number of likely N-dealkylation sites (N-methyl/N-ethyl adjacent to an activating group) is 1. The molecule has 20 heavy (non-hydrogen) atoms. The summed E-state index contributed by atoms with van der Waals surface area (Å²) < 4.78 is 5.41. The number of rotatable bonds is 4. The van der Waals surface area contributed by atoms with Gasteiger partial charge in [0.2, 0.25) is 17.7 Å². The monoisotopic (exact) mass is 274 g/mol. The number of para-hydroxylation sites is 1. The van der Waals surface area contributed by atoms with Crippen LogP contribution < -0.4 is 10.6 Å². The topological polar surface area (TPSA) is 80.0 Å². The number of aromatic nitrogens is 2. The fourth-order valence-corrected chi connectivity index (χ4v) is 1.58. The van der Waals surface area contributed by atoms with Crippen LogP contribution in [0.1, 0.15) is 19.7 Å². The molecule has 2 aromatic rings. The Morgan fingerprint density at radius 3 is 2.55 bits per heavy atom. The highest BCUT2D eigenvalue weighted by Crippen LogP contribution is 2.27. The molecule has 0 radical (unpaired) electrons. The number of nitrogens with zero attached hydrogens (tertiary/aromatic N) is 2. The number of nitrogens with one attached hydrogen (secondary N) is 2. The summed E-state index contributed by atoms with van der Waals surface area (Å²) >= 11 is 0. The van der Waals surface area contributed by atoms with Gasteiger partial charge in [-0.25, -0.2) is 0 Å². The Bertz CT molecular complexity index is 619. The van der Waals surface area contributed by atoms with Crippen LogP contribution in [-0.4, -0.2) is 28.7 Å². The first-order valence-electron chi connectivity index (χ1n) is 6.34. The summed E-state index contributed by atoms with van der Waals surface area (Å²) in [5.41, 5.74) is 0.676. The molecule has 6 nitrogen and oxygen atoms in total. The normalized spacial score (nSPS) is 11.4. The van der Waals surface area contributed by atoms with Gasteiger partial charge in [-0.2, -0.15) is 0 Å². The van der Waals surface area contributed by atoms with Gasteiger partial charge in [-0.05, 0) is 33.0 Å². The van der Waals surface area contributed by atoms with E-state index in [0.717, 1.165) is 0 Å². The second kappa shape index (κ2) is 5.42. The number of benzene rings is 1. The van der Waals surface area contributed by atoms with Gasteiger partial charge in [-0.15, -0.1) is 10.2 Å². The van der Waals surface area contributed by atoms with E-state index in [4.69, 9.17) is 4.42 Å². The Morgan fingerprint density at radius 2 is 1.95 bits per heavy atom. The maximum absolute atomic E-state index is 12.2. The van der Waals surface area contributed by atoms with Gasteiger partial charge in [0.25, 0.3) is 0 Å². The zero-order valence-corrected chi connectivity index (χ0v) is 12.0. The Balaban J connectivity index is 2.32. The summed E-state index contributed by atoms with van der Waals surface area (Å²) in [6.45, 7) is 5.34. The summed E-state index contributed by atoms with van der Waals surface area (Å²) in [6, 6.07) is 7.33. The summed E-state index contributed by atoms with van der Waals surface area (Å²) in [6.07, 6.45) is 0. The molecule has 1 aromatic heterocycles. The predicted octanol–water partition coefficient (Wildman–Crippen LogP) is 1.98. The molecule has 0 aliphatic carbocycles. The molecule has 0 atom stereocenters. The first-order chi connectivity index (χ1) is 9.44. The third-order valence-electron chi connectivity index (χ3n) is 3.12. The molecular formula is C14H18N4O2. The second-order valence-electron chi connectivity index (χ2n) is 5.00. The lowest BCUT2D eigenvalue weighted by Crippen LogP contribution is -2.47. The van der Waals surface area contributed by atoms with Gasteiger partial charge in [0, 0.05) is 6.92 Å². The average molecular weight is 274 g/mol. The highest BCUT2D eigenvalue weighted by Gasteiger charge is 2.26. The van der Waals surface area contributed by atoms with Crippen LogP contribution in [0.25, 0.3) is 11.5 Å². The second-order valence-corrected chi connectivity index (χ2v) is 5.00. The molecule has 0 bridgehead atoms. The number of carbonyl (C=O) groups excluding carboxylic acids is 1. The Hall–Kier alpha value is -2.21. The number of hydrogen-bond acceptors (Lipinski definition) is 5. The minimum absolute atomic E-state index is 0.135. The zero-order valence-electron chi connectivity index (χ0n) is 12.0. The van der Waals surface area contributed by atoms with Crippen molar-refractivity contribution in [2.45, 2.75) is 26.3 Å². The zero-order chi connectivity index (χ0) is 14.8. The lowest BCUT2D eigenvalue weighted by atomic mass is 10.0. The van der Waals surface area contributed by atoms with E-state index in [2.05, 4.69) is 20.8 Å². The van der Waals surface area contributed by atoms with Crippen molar-refractivity contribution in [3.8, 4) is 11.5 Å². The molecule has 1 amide bonds. The van der Waals surface area contributed by atoms with Crippen molar-refractivity contribution in [3.63, 3.8) is 0 Å². The highest BCUT2D eigenvalue weighted by atomic mass is 16.4. The van der Waals surface area contributed by atoms with Gasteiger partial charge in [-0.3, -0.25) is 4.79 Å². The predicted molar refractivity (Wildman–Crippen MR) is 76.2 cm³/mol. The molecule has 106 valence electrons. The molecule has 0 unspecified atom stereocenters. The van der Waals surface area contributed by atoms with Crippen molar-refractivity contribution in [2.75, 3.05) is 12.4 Å². The number of amides is 1. The maximum Gasteiger partial charge on any atom is 0.249 e. The Morgan fingerprint density at radius 1 is 1.25 bits per heavy atom. The van der Waals surface area contributed by atoms with E-state index in [1.54, 1.807) is 20.0 Å². The van der Waals surface area contributed by atoms with Crippen LogP contribution in [0.15, 0.2) is 28.7 Å². The van der Waals surface area contributed by atoms with Crippen molar-refractivity contribution in [2.24, 2.45) is 0 Å². The number of aryl methyl sites for hydroxylation is 1. The molecule has 1 aromatic carbocycles.